The third-order valence-electron chi connectivity index (χ3n) is 6.81. The number of urea groups is 1. The lowest BCUT2D eigenvalue weighted by molar-refractivity contribution is -0.136. The van der Waals surface area contributed by atoms with E-state index in [1.54, 1.807) is 19.5 Å². The van der Waals surface area contributed by atoms with Crippen LogP contribution >= 0.6 is 0 Å². The van der Waals surface area contributed by atoms with E-state index in [9.17, 15) is 9.59 Å². The van der Waals surface area contributed by atoms with Gasteiger partial charge in [0.05, 0.1) is 13.2 Å². The maximum Gasteiger partial charge on any atom is 0.328 e. The van der Waals surface area contributed by atoms with Gasteiger partial charge in [-0.1, -0.05) is 36.4 Å². The van der Waals surface area contributed by atoms with Gasteiger partial charge in [0.2, 0.25) is 0 Å². The van der Waals surface area contributed by atoms with Crippen molar-refractivity contribution in [1.29, 1.82) is 0 Å². The Balaban J connectivity index is 1.56. The first kappa shape index (κ1) is 22.4. The molecule has 32 heavy (non-hydrogen) atoms. The first-order valence-electron chi connectivity index (χ1n) is 11.3. The van der Waals surface area contributed by atoms with E-state index < -0.39 is 5.54 Å². The molecule has 2 fully saturated rings. The molecule has 1 spiro atoms. The fourth-order valence-electron chi connectivity index (χ4n) is 4.96. The highest BCUT2D eigenvalue weighted by molar-refractivity contribution is 6.07. The number of ether oxygens (including phenoxy) is 1. The predicted molar refractivity (Wildman–Crippen MR) is 122 cm³/mol. The van der Waals surface area contributed by atoms with Gasteiger partial charge in [0, 0.05) is 45.2 Å². The fraction of sp³-hybridized carbons (Fsp3) is 0.480. The van der Waals surface area contributed by atoms with Crippen LogP contribution in [0.1, 0.15) is 30.9 Å². The quantitative estimate of drug-likeness (QED) is 0.596. The summed E-state index contributed by atoms with van der Waals surface area (Å²) in [6.45, 7) is 5.14. The number of methoxy groups -OCH3 is 1. The van der Waals surface area contributed by atoms with Gasteiger partial charge >= 0.3 is 6.03 Å². The topological polar surface area (TPSA) is 66.0 Å². The first-order valence-corrected chi connectivity index (χ1v) is 11.3. The number of nitrogens with zero attached hydrogens (tertiary/aromatic N) is 4. The van der Waals surface area contributed by atoms with Gasteiger partial charge in [0.15, 0.2) is 0 Å². The lowest BCUT2D eigenvalue weighted by atomic mass is 9.85. The van der Waals surface area contributed by atoms with E-state index in [0.29, 0.717) is 26.0 Å². The van der Waals surface area contributed by atoms with Gasteiger partial charge in [-0.3, -0.25) is 19.6 Å². The number of imide groups is 1. The number of pyridine rings is 1. The molecule has 0 saturated carbocycles. The lowest BCUT2D eigenvalue weighted by Gasteiger charge is -2.44. The molecule has 2 aromatic rings. The molecule has 2 saturated heterocycles. The second kappa shape index (κ2) is 9.79. The summed E-state index contributed by atoms with van der Waals surface area (Å²) in [5.74, 6) is -0.0709. The summed E-state index contributed by atoms with van der Waals surface area (Å²) in [5, 5.41) is 0. The molecular weight excluding hydrogens is 404 g/mol. The van der Waals surface area contributed by atoms with Gasteiger partial charge in [0.25, 0.3) is 5.91 Å². The van der Waals surface area contributed by atoms with Crippen molar-refractivity contribution in [1.82, 2.24) is 19.7 Å². The molecule has 1 aromatic heterocycles. The standard InChI is InChI=1S/C25H32N4O3/c1-20(19-32-2)27-15-11-25(12-16-27)23(30)28(18-22-9-6-13-26-17-22)24(31)29(25)14-10-21-7-4-3-5-8-21/h3-9,13,17,20H,10-12,14-16,18-19H2,1-2H3/t20-/m0/s1. The Morgan fingerprint density at radius 2 is 1.78 bits per heavy atom. The van der Waals surface area contributed by atoms with E-state index in [0.717, 1.165) is 25.1 Å². The second-order valence-corrected chi connectivity index (χ2v) is 8.79. The molecule has 7 heteroatoms. The van der Waals surface area contributed by atoms with Gasteiger partial charge in [-0.15, -0.1) is 0 Å². The summed E-state index contributed by atoms with van der Waals surface area (Å²) >= 11 is 0. The Labute approximate surface area is 190 Å². The minimum atomic E-state index is -0.767. The molecule has 3 amide bonds. The zero-order valence-electron chi connectivity index (χ0n) is 18.9. The summed E-state index contributed by atoms with van der Waals surface area (Å²) in [4.78, 5) is 37.0. The third kappa shape index (κ3) is 4.40. The Morgan fingerprint density at radius 3 is 2.44 bits per heavy atom. The molecule has 4 rings (SSSR count). The van der Waals surface area contributed by atoms with Gasteiger partial charge < -0.3 is 9.64 Å². The highest BCUT2D eigenvalue weighted by atomic mass is 16.5. The van der Waals surface area contributed by atoms with Crippen molar-refractivity contribution in [3.63, 3.8) is 0 Å². The van der Waals surface area contributed by atoms with Crippen molar-refractivity contribution in [3.05, 3.63) is 66.0 Å². The smallest absolute Gasteiger partial charge is 0.328 e. The van der Waals surface area contributed by atoms with Crippen LogP contribution in [0.4, 0.5) is 4.79 Å². The number of hydrogen-bond donors (Lipinski definition) is 0. The molecule has 1 aromatic carbocycles. The Kier molecular flexibility index (Phi) is 6.86. The van der Waals surface area contributed by atoms with Crippen LogP contribution in [0, 0.1) is 0 Å². The highest BCUT2D eigenvalue weighted by Crippen LogP contribution is 2.38. The van der Waals surface area contributed by atoms with Gasteiger partial charge in [-0.25, -0.2) is 4.79 Å². The number of amides is 3. The van der Waals surface area contributed by atoms with E-state index in [1.165, 1.54) is 10.5 Å². The molecule has 0 N–H and O–H groups in total. The van der Waals surface area contributed by atoms with Crippen LogP contribution in [0.3, 0.4) is 0 Å². The largest absolute Gasteiger partial charge is 0.383 e. The van der Waals surface area contributed by atoms with Crippen molar-refractivity contribution in [2.75, 3.05) is 33.4 Å². The predicted octanol–water partition coefficient (Wildman–Crippen LogP) is 2.96. The molecule has 3 heterocycles. The average Bonchev–Trinajstić information content (AvgIpc) is 3.01. The van der Waals surface area contributed by atoms with Crippen LogP contribution in [-0.2, 0) is 22.5 Å². The number of aromatic nitrogens is 1. The zero-order chi connectivity index (χ0) is 22.6. The number of hydrogen-bond acceptors (Lipinski definition) is 5. The van der Waals surface area contributed by atoms with E-state index in [1.807, 2.05) is 35.2 Å². The molecule has 2 aliphatic heterocycles. The molecule has 170 valence electrons. The van der Waals surface area contributed by atoms with Crippen molar-refractivity contribution < 1.29 is 14.3 Å². The van der Waals surface area contributed by atoms with Gasteiger partial charge in [-0.05, 0) is 43.4 Å². The molecule has 0 radical (unpaired) electrons. The SMILES string of the molecule is COC[C@H](C)N1CCC2(CC1)C(=O)N(Cc1cccnc1)C(=O)N2CCc1ccccc1. The third-order valence-corrected chi connectivity index (χ3v) is 6.81. The summed E-state index contributed by atoms with van der Waals surface area (Å²) < 4.78 is 5.32. The number of piperidine rings is 1. The summed E-state index contributed by atoms with van der Waals surface area (Å²) in [5.41, 5.74) is 1.26. The Morgan fingerprint density at radius 1 is 1.06 bits per heavy atom. The van der Waals surface area contributed by atoms with Crippen LogP contribution in [0.15, 0.2) is 54.9 Å². The zero-order valence-corrected chi connectivity index (χ0v) is 18.9. The maximum absolute atomic E-state index is 13.7. The number of carbonyl (C=O) groups is 2. The number of benzene rings is 1. The van der Waals surface area contributed by atoms with Crippen LogP contribution in [0.2, 0.25) is 0 Å². The van der Waals surface area contributed by atoms with Gasteiger partial charge in [0.1, 0.15) is 5.54 Å². The van der Waals surface area contributed by atoms with Crippen LogP contribution in [0.25, 0.3) is 0 Å². The summed E-state index contributed by atoms with van der Waals surface area (Å²) in [6, 6.07) is 14.0. The normalized spacial score (nSPS) is 19.7. The fourth-order valence-corrected chi connectivity index (χ4v) is 4.96. The number of likely N-dealkylation sites (tertiary alicyclic amines) is 1. The van der Waals surface area contributed by atoms with Crippen molar-refractivity contribution >= 4 is 11.9 Å². The van der Waals surface area contributed by atoms with Gasteiger partial charge in [-0.2, -0.15) is 0 Å². The van der Waals surface area contributed by atoms with E-state index in [2.05, 4.69) is 28.9 Å². The molecule has 0 aliphatic carbocycles. The van der Waals surface area contributed by atoms with E-state index in [4.69, 9.17) is 4.74 Å². The van der Waals surface area contributed by atoms with Crippen LogP contribution in [0.5, 0.6) is 0 Å². The van der Waals surface area contributed by atoms with Crippen LogP contribution < -0.4 is 0 Å². The molecule has 0 unspecified atom stereocenters. The average molecular weight is 437 g/mol. The lowest BCUT2D eigenvalue weighted by Crippen LogP contribution is -2.58. The molecular formula is C25H32N4O3. The monoisotopic (exact) mass is 436 g/mol. The minimum Gasteiger partial charge on any atom is -0.383 e. The molecule has 7 nitrogen and oxygen atoms in total. The van der Waals surface area contributed by atoms with Crippen molar-refractivity contribution in [2.24, 2.45) is 0 Å². The molecule has 1 atom stereocenters. The molecule has 2 aliphatic rings. The maximum atomic E-state index is 13.7. The summed E-state index contributed by atoms with van der Waals surface area (Å²) in [6.07, 6.45) is 5.43. The number of rotatable bonds is 8. The number of carbonyl (C=O) groups excluding carboxylic acids is 2. The minimum absolute atomic E-state index is 0.0709. The Bertz CT molecular complexity index is 913. The van der Waals surface area contributed by atoms with Crippen LogP contribution in [-0.4, -0.2) is 76.6 Å². The van der Waals surface area contributed by atoms with Crippen molar-refractivity contribution in [3.8, 4) is 0 Å². The first-order chi connectivity index (χ1) is 15.5. The second-order valence-electron chi connectivity index (χ2n) is 8.79. The van der Waals surface area contributed by atoms with Crippen molar-refractivity contribution in [2.45, 2.75) is 44.3 Å². The van der Waals surface area contributed by atoms with E-state index >= 15 is 0 Å². The Hall–Kier alpha value is -2.77. The van der Waals surface area contributed by atoms with E-state index in [-0.39, 0.29) is 24.5 Å². The summed E-state index contributed by atoms with van der Waals surface area (Å²) in [7, 11) is 1.71. The molecule has 0 bridgehead atoms. The highest BCUT2D eigenvalue weighted by Gasteiger charge is 2.57.